The molecule has 0 fully saturated rings. The molecule has 2 rings (SSSR count). The summed E-state index contributed by atoms with van der Waals surface area (Å²) in [6.07, 6.45) is 1.57. The van der Waals surface area contributed by atoms with Crippen LogP contribution in [-0.4, -0.2) is 23.2 Å². The number of ether oxygens (including phenoxy) is 1. The van der Waals surface area contributed by atoms with Gasteiger partial charge in [0.2, 0.25) is 0 Å². The Morgan fingerprint density at radius 1 is 1.30 bits per heavy atom. The lowest BCUT2D eigenvalue weighted by Crippen LogP contribution is -2.21. The van der Waals surface area contributed by atoms with Gasteiger partial charge >= 0.3 is 5.97 Å². The van der Waals surface area contributed by atoms with Crippen molar-refractivity contribution in [2.75, 3.05) is 12.4 Å². The normalized spacial score (nSPS) is 11.7. The number of carbonyl (C=O) groups is 1. The van der Waals surface area contributed by atoms with Gasteiger partial charge in [-0.05, 0) is 52.3 Å². The minimum absolute atomic E-state index is 0.441. The third kappa shape index (κ3) is 3.48. The first-order chi connectivity index (χ1) is 9.60. The van der Waals surface area contributed by atoms with Crippen molar-refractivity contribution in [3.8, 4) is 5.75 Å². The quantitative estimate of drug-likeness (QED) is 0.877. The van der Waals surface area contributed by atoms with Gasteiger partial charge < -0.3 is 15.2 Å². The number of benzene rings is 1. The number of nitrogens with one attached hydrogen (secondary N) is 1. The maximum Gasteiger partial charge on any atom is 0.332 e. The Kier molecular flexibility index (Phi) is 4.57. The number of hydrogen-bond donors (Lipinski definition) is 2. The molecule has 0 saturated carbocycles. The lowest BCUT2D eigenvalue weighted by Gasteiger charge is -2.15. The average molecular weight is 337 g/mol. The number of methoxy groups -OCH3 is 1. The fourth-order valence-electron chi connectivity index (χ4n) is 1.67. The smallest absolute Gasteiger partial charge is 0.332 e. The summed E-state index contributed by atoms with van der Waals surface area (Å²) < 4.78 is 5.86. The summed E-state index contributed by atoms with van der Waals surface area (Å²) in [6.45, 7) is 0. The van der Waals surface area contributed by atoms with E-state index in [9.17, 15) is 9.90 Å². The molecule has 0 aliphatic heterocycles. The van der Waals surface area contributed by atoms with Crippen LogP contribution < -0.4 is 10.1 Å². The van der Waals surface area contributed by atoms with Crippen LogP contribution in [0.4, 0.5) is 5.69 Å². The molecule has 0 saturated heterocycles. The summed E-state index contributed by atoms with van der Waals surface area (Å²) in [4.78, 5) is 15.5. The van der Waals surface area contributed by atoms with Gasteiger partial charge in [-0.1, -0.05) is 0 Å². The van der Waals surface area contributed by atoms with Crippen LogP contribution in [0.1, 0.15) is 11.7 Å². The molecule has 1 heterocycles. The van der Waals surface area contributed by atoms with E-state index in [0.29, 0.717) is 17.1 Å². The summed E-state index contributed by atoms with van der Waals surface area (Å²) in [7, 11) is 1.58. The van der Waals surface area contributed by atoms with Crippen LogP contribution in [0, 0.1) is 0 Å². The Morgan fingerprint density at radius 2 is 2.00 bits per heavy atom. The van der Waals surface area contributed by atoms with Gasteiger partial charge in [-0.25, -0.2) is 4.79 Å². The number of carboxylic acid groups (broad SMARTS) is 1. The number of carboxylic acids is 1. The van der Waals surface area contributed by atoms with E-state index in [1.165, 1.54) is 0 Å². The van der Waals surface area contributed by atoms with Crippen LogP contribution in [0.15, 0.2) is 47.1 Å². The molecular formula is C14H13BrN2O3. The number of aliphatic carboxylic acids is 1. The van der Waals surface area contributed by atoms with Crippen LogP contribution in [-0.2, 0) is 4.79 Å². The van der Waals surface area contributed by atoms with Crippen molar-refractivity contribution in [2.24, 2.45) is 0 Å². The largest absolute Gasteiger partial charge is 0.497 e. The Bertz CT molecular complexity index is 584. The summed E-state index contributed by atoms with van der Waals surface area (Å²) in [5, 5.41) is 12.3. The van der Waals surface area contributed by atoms with E-state index < -0.39 is 12.0 Å². The predicted octanol–water partition coefficient (Wildman–Crippen LogP) is 3.09. The van der Waals surface area contributed by atoms with Gasteiger partial charge in [0.1, 0.15) is 5.75 Å². The maximum atomic E-state index is 11.4. The number of nitrogens with zero attached hydrogens (tertiary/aromatic N) is 1. The summed E-state index contributed by atoms with van der Waals surface area (Å²) in [5.41, 5.74) is 1.12. The van der Waals surface area contributed by atoms with Crippen molar-refractivity contribution in [3.63, 3.8) is 0 Å². The molecule has 0 spiro atoms. The van der Waals surface area contributed by atoms with E-state index in [4.69, 9.17) is 4.74 Å². The highest BCUT2D eigenvalue weighted by Crippen LogP contribution is 2.22. The van der Waals surface area contributed by atoms with Gasteiger partial charge in [0.05, 0.1) is 12.8 Å². The van der Waals surface area contributed by atoms with E-state index in [2.05, 4.69) is 26.2 Å². The first-order valence-corrected chi connectivity index (χ1v) is 6.64. The molecule has 1 unspecified atom stereocenters. The van der Waals surface area contributed by atoms with E-state index in [-0.39, 0.29) is 0 Å². The Hall–Kier alpha value is -2.08. The number of anilines is 1. The zero-order valence-corrected chi connectivity index (χ0v) is 12.3. The molecule has 20 heavy (non-hydrogen) atoms. The Labute approximate surface area is 124 Å². The minimum Gasteiger partial charge on any atom is -0.497 e. The van der Waals surface area contributed by atoms with E-state index in [0.717, 1.165) is 4.47 Å². The maximum absolute atomic E-state index is 11.4. The van der Waals surface area contributed by atoms with Crippen molar-refractivity contribution in [1.29, 1.82) is 0 Å². The summed E-state index contributed by atoms with van der Waals surface area (Å²) >= 11 is 3.27. The monoisotopic (exact) mass is 336 g/mol. The van der Waals surface area contributed by atoms with Crippen molar-refractivity contribution < 1.29 is 14.6 Å². The topological polar surface area (TPSA) is 71.5 Å². The van der Waals surface area contributed by atoms with Crippen LogP contribution in [0.3, 0.4) is 0 Å². The van der Waals surface area contributed by atoms with Gasteiger partial charge in [0.15, 0.2) is 6.04 Å². The number of halogens is 1. The van der Waals surface area contributed by atoms with Gasteiger partial charge in [0.25, 0.3) is 0 Å². The lowest BCUT2D eigenvalue weighted by atomic mass is 10.1. The molecule has 1 atom stereocenters. The van der Waals surface area contributed by atoms with Crippen LogP contribution in [0.25, 0.3) is 0 Å². The highest BCUT2D eigenvalue weighted by atomic mass is 79.9. The van der Waals surface area contributed by atoms with Gasteiger partial charge in [0, 0.05) is 16.4 Å². The number of aromatic nitrogens is 1. The first-order valence-electron chi connectivity index (χ1n) is 5.85. The molecule has 104 valence electrons. The molecule has 0 amide bonds. The minimum atomic E-state index is -0.990. The fourth-order valence-corrected chi connectivity index (χ4v) is 1.91. The first kappa shape index (κ1) is 14.3. The Morgan fingerprint density at radius 3 is 2.50 bits per heavy atom. The standard InChI is InChI=1S/C14H13BrN2O3/c1-20-11-5-3-10(4-6-11)17-13(14(18)19)12-7-2-9(15)8-16-12/h2-8,13,17H,1H3,(H,18,19). The van der Waals surface area contributed by atoms with Crippen molar-refractivity contribution in [3.05, 3.63) is 52.8 Å². The third-order valence-corrected chi connectivity index (χ3v) is 3.16. The predicted molar refractivity (Wildman–Crippen MR) is 78.9 cm³/mol. The Balaban J connectivity index is 2.20. The number of hydrogen-bond acceptors (Lipinski definition) is 4. The highest BCUT2D eigenvalue weighted by molar-refractivity contribution is 9.10. The number of pyridine rings is 1. The molecular weight excluding hydrogens is 324 g/mol. The van der Waals surface area contributed by atoms with Crippen LogP contribution >= 0.6 is 15.9 Å². The van der Waals surface area contributed by atoms with E-state index in [1.54, 1.807) is 49.7 Å². The van der Waals surface area contributed by atoms with E-state index in [1.807, 2.05) is 0 Å². The van der Waals surface area contributed by atoms with Gasteiger partial charge in [-0.2, -0.15) is 0 Å². The van der Waals surface area contributed by atoms with Crippen LogP contribution in [0.5, 0.6) is 5.75 Å². The summed E-state index contributed by atoms with van der Waals surface area (Å²) in [5.74, 6) is -0.278. The molecule has 1 aromatic heterocycles. The molecule has 0 aliphatic carbocycles. The second-order valence-corrected chi connectivity index (χ2v) is 4.96. The molecule has 6 heteroatoms. The molecule has 5 nitrogen and oxygen atoms in total. The molecule has 1 aromatic carbocycles. The van der Waals surface area contributed by atoms with Gasteiger partial charge in [-0.3, -0.25) is 4.98 Å². The van der Waals surface area contributed by atoms with Gasteiger partial charge in [-0.15, -0.1) is 0 Å². The zero-order valence-electron chi connectivity index (χ0n) is 10.7. The van der Waals surface area contributed by atoms with E-state index >= 15 is 0 Å². The second kappa shape index (κ2) is 6.38. The molecule has 2 aromatic rings. The number of rotatable bonds is 5. The lowest BCUT2D eigenvalue weighted by molar-refractivity contribution is -0.138. The van der Waals surface area contributed by atoms with Crippen molar-refractivity contribution in [1.82, 2.24) is 4.98 Å². The van der Waals surface area contributed by atoms with Crippen molar-refractivity contribution >= 4 is 27.6 Å². The highest BCUT2D eigenvalue weighted by Gasteiger charge is 2.20. The van der Waals surface area contributed by atoms with Crippen molar-refractivity contribution in [2.45, 2.75) is 6.04 Å². The molecule has 2 N–H and O–H groups in total. The fraction of sp³-hybridized carbons (Fsp3) is 0.143. The average Bonchev–Trinajstić information content (AvgIpc) is 2.46. The SMILES string of the molecule is COc1ccc(NC(C(=O)O)c2ccc(Br)cn2)cc1. The molecule has 0 aliphatic rings. The molecule has 0 bridgehead atoms. The van der Waals surface area contributed by atoms with Crippen LogP contribution in [0.2, 0.25) is 0 Å². The second-order valence-electron chi connectivity index (χ2n) is 4.05. The molecule has 0 radical (unpaired) electrons. The summed E-state index contributed by atoms with van der Waals surface area (Å²) in [6, 6.07) is 9.55. The third-order valence-electron chi connectivity index (χ3n) is 2.69. The zero-order chi connectivity index (χ0) is 14.5.